The lowest BCUT2D eigenvalue weighted by Crippen LogP contribution is -2.28. The SMILES string of the molecule is CCNC(=O)CCNCc1nnc2n1CCCC2. The summed E-state index contributed by atoms with van der Waals surface area (Å²) in [5.41, 5.74) is 0. The molecule has 1 aliphatic rings. The van der Waals surface area contributed by atoms with E-state index in [9.17, 15) is 4.79 Å². The van der Waals surface area contributed by atoms with Gasteiger partial charge < -0.3 is 15.2 Å². The normalized spacial score (nSPS) is 14.3. The molecule has 0 bridgehead atoms. The number of carbonyl (C=O) groups excluding carboxylic acids is 1. The summed E-state index contributed by atoms with van der Waals surface area (Å²) in [6.45, 7) is 5.00. The molecule has 1 aromatic rings. The number of amides is 1. The van der Waals surface area contributed by atoms with Gasteiger partial charge in [0.25, 0.3) is 0 Å². The molecule has 0 unspecified atom stereocenters. The molecule has 2 heterocycles. The molecule has 0 aliphatic carbocycles. The van der Waals surface area contributed by atoms with Crippen molar-refractivity contribution in [3.05, 3.63) is 11.6 Å². The highest BCUT2D eigenvalue weighted by atomic mass is 16.1. The van der Waals surface area contributed by atoms with Crippen LogP contribution >= 0.6 is 0 Å². The molecular formula is C12H21N5O. The van der Waals surface area contributed by atoms with Crippen molar-refractivity contribution in [2.24, 2.45) is 0 Å². The first-order valence-corrected chi connectivity index (χ1v) is 6.69. The minimum atomic E-state index is 0.0910. The molecule has 0 saturated heterocycles. The molecule has 0 spiro atoms. The summed E-state index contributed by atoms with van der Waals surface area (Å²) in [7, 11) is 0. The van der Waals surface area contributed by atoms with Gasteiger partial charge in [-0.2, -0.15) is 0 Å². The Labute approximate surface area is 107 Å². The minimum Gasteiger partial charge on any atom is -0.356 e. The minimum absolute atomic E-state index is 0.0910. The summed E-state index contributed by atoms with van der Waals surface area (Å²) in [6.07, 6.45) is 3.96. The van der Waals surface area contributed by atoms with Crippen LogP contribution in [-0.4, -0.2) is 33.8 Å². The van der Waals surface area contributed by atoms with E-state index in [0.717, 1.165) is 24.6 Å². The summed E-state index contributed by atoms with van der Waals surface area (Å²) in [5.74, 6) is 2.18. The molecule has 6 heteroatoms. The van der Waals surface area contributed by atoms with Crippen molar-refractivity contribution in [3.63, 3.8) is 0 Å². The highest BCUT2D eigenvalue weighted by Crippen LogP contribution is 2.13. The number of fused-ring (bicyclic) bond motifs is 1. The topological polar surface area (TPSA) is 71.8 Å². The number of hydrogen-bond donors (Lipinski definition) is 2. The number of nitrogens with zero attached hydrogens (tertiary/aromatic N) is 3. The molecular weight excluding hydrogens is 230 g/mol. The van der Waals surface area contributed by atoms with Crippen molar-refractivity contribution in [2.45, 2.75) is 45.7 Å². The first-order chi connectivity index (χ1) is 8.81. The van der Waals surface area contributed by atoms with Crippen LogP contribution in [0.2, 0.25) is 0 Å². The molecule has 0 atom stereocenters. The van der Waals surface area contributed by atoms with Crippen LogP contribution in [0.1, 0.15) is 37.8 Å². The maximum Gasteiger partial charge on any atom is 0.221 e. The van der Waals surface area contributed by atoms with E-state index in [1.165, 1.54) is 12.8 Å². The predicted molar refractivity (Wildman–Crippen MR) is 68.0 cm³/mol. The van der Waals surface area contributed by atoms with E-state index in [0.29, 0.717) is 26.1 Å². The average molecular weight is 251 g/mol. The van der Waals surface area contributed by atoms with Crippen molar-refractivity contribution in [1.82, 2.24) is 25.4 Å². The Bertz CT molecular complexity index is 401. The maximum absolute atomic E-state index is 11.3. The third-order valence-electron chi connectivity index (χ3n) is 3.12. The molecule has 100 valence electrons. The summed E-state index contributed by atoms with van der Waals surface area (Å²) in [4.78, 5) is 11.3. The van der Waals surface area contributed by atoms with Crippen LogP contribution in [0.15, 0.2) is 0 Å². The first kappa shape index (κ1) is 13.0. The van der Waals surface area contributed by atoms with Crippen molar-refractivity contribution < 1.29 is 4.79 Å². The van der Waals surface area contributed by atoms with Gasteiger partial charge in [0.2, 0.25) is 5.91 Å². The van der Waals surface area contributed by atoms with Crippen LogP contribution in [0.4, 0.5) is 0 Å². The fraction of sp³-hybridized carbons (Fsp3) is 0.750. The third-order valence-corrected chi connectivity index (χ3v) is 3.12. The molecule has 0 fully saturated rings. The second-order valence-electron chi connectivity index (χ2n) is 4.52. The van der Waals surface area contributed by atoms with E-state index in [4.69, 9.17) is 0 Å². The number of aryl methyl sites for hydroxylation is 1. The van der Waals surface area contributed by atoms with Gasteiger partial charge in [-0.1, -0.05) is 0 Å². The molecule has 1 aromatic heterocycles. The number of nitrogens with one attached hydrogen (secondary N) is 2. The second-order valence-corrected chi connectivity index (χ2v) is 4.52. The van der Waals surface area contributed by atoms with Gasteiger partial charge in [-0.15, -0.1) is 10.2 Å². The summed E-state index contributed by atoms with van der Waals surface area (Å²) in [6, 6.07) is 0. The van der Waals surface area contributed by atoms with Gasteiger partial charge in [-0.05, 0) is 19.8 Å². The summed E-state index contributed by atoms with van der Waals surface area (Å²) >= 11 is 0. The molecule has 0 aromatic carbocycles. The molecule has 18 heavy (non-hydrogen) atoms. The molecule has 1 amide bonds. The number of carbonyl (C=O) groups is 1. The number of rotatable bonds is 6. The Morgan fingerprint density at radius 1 is 1.39 bits per heavy atom. The van der Waals surface area contributed by atoms with E-state index in [1.54, 1.807) is 0 Å². The quantitative estimate of drug-likeness (QED) is 0.710. The molecule has 0 radical (unpaired) electrons. The van der Waals surface area contributed by atoms with Crippen LogP contribution in [0.3, 0.4) is 0 Å². The van der Waals surface area contributed by atoms with Crippen molar-refractivity contribution in [1.29, 1.82) is 0 Å². The Hall–Kier alpha value is -1.43. The Morgan fingerprint density at radius 3 is 3.11 bits per heavy atom. The predicted octanol–water partition coefficient (Wildman–Crippen LogP) is 0.230. The van der Waals surface area contributed by atoms with Gasteiger partial charge in [0.1, 0.15) is 11.6 Å². The van der Waals surface area contributed by atoms with Crippen LogP contribution in [0.25, 0.3) is 0 Å². The van der Waals surface area contributed by atoms with Gasteiger partial charge in [-0.25, -0.2) is 0 Å². The van der Waals surface area contributed by atoms with Crippen LogP contribution in [0, 0.1) is 0 Å². The first-order valence-electron chi connectivity index (χ1n) is 6.69. The van der Waals surface area contributed by atoms with Gasteiger partial charge in [0, 0.05) is 32.5 Å². The monoisotopic (exact) mass is 251 g/mol. The lowest BCUT2D eigenvalue weighted by Gasteiger charge is -2.14. The molecule has 2 rings (SSSR count). The zero-order chi connectivity index (χ0) is 12.8. The fourth-order valence-electron chi connectivity index (χ4n) is 2.19. The van der Waals surface area contributed by atoms with E-state index < -0.39 is 0 Å². The lowest BCUT2D eigenvalue weighted by molar-refractivity contribution is -0.120. The molecule has 2 N–H and O–H groups in total. The Balaban J connectivity index is 1.74. The number of hydrogen-bond acceptors (Lipinski definition) is 4. The Morgan fingerprint density at radius 2 is 2.28 bits per heavy atom. The largest absolute Gasteiger partial charge is 0.356 e. The van der Waals surface area contributed by atoms with Crippen LogP contribution < -0.4 is 10.6 Å². The molecule has 1 aliphatic heterocycles. The highest BCUT2D eigenvalue weighted by Gasteiger charge is 2.14. The molecule has 0 saturated carbocycles. The standard InChI is InChI=1S/C12H21N5O/c1-2-14-12(18)6-7-13-9-11-16-15-10-5-3-4-8-17(10)11/h13H,2-9H2,1H3,(H,14,18). The average Bonchev–Trinajstić information content (AvgIpc) is 2.78. The van der Waals surface area contributed by atoms with Crippen LogP contribution in [-0.2, 0) is 24.3 Å². The Kier molecular flexibility index (Phi) is 4.69. The van der Waals surface area contributed by atoms with E-state index in [1.807, 2.05) is 6.92 Å². The van der Waals surface area contributed by atoms with Crippen molar-refractivity contribution >= 4 is 5.91 Å². The van der Waals surface area contributed by atoms with E-state index in [2.05, 4.69) is 25.4 Å². The second kappa shape index (κ2) is 6.49. The smallest absolute Gasteiger partial charge is 0.221 e. The van der Waals surface area contributed by atoms with Crippen molar-refractivity contribution in [3.8, 4) is 0 Å². The lowest BCUT2D eigenvalue weighted by atomic mass is 10.2. The molecule has 6 nitrogen and oxygen atoms in total. The zero-order valence-corrected chi connectivity index (χ0v) is 10.9. The van der Waals surface area contributed by atoms with E-state index >= 15 is 0 Å². The summed E-state index contributed by atoms with van der Waals surface area (Å²) < 4.78 is 2.20. The van der Waals surface area contributed by atoms with E-state index in [-0.39, 0.29) is 5.91 Å². The van der Waals surface area contributed by atoms with Gasteiger partial charge in [0.15, 0.2) is 0 Å². The maximum atomic E-state index is 11.3. The van der Waals surface area contributed by atoms with Gasteiger partial charge in [-0.3, -0.25) is 4.79 Å². The van der Waals surface area contributed by atoms with Gasteiger partial charge >= 0.3 is 0 Å². The zero-order valence-electron chi connectivity index (χ0n) is 10.9. The van der Waals surface area contributed by atoms with Gasteiger partial charge in [0.05, 0.1) is 6.54 Å². The fourth-order valence-corrected chi connectivity index (χ4v) is 2.19. The third kappa shape index (κ3) is 3.29. The highest BCUT2D eigenvalue weighted by molar-refractivity contribution is 5.75. The number of aromatic nitrogens is 3. The van der Waals surface area contributed by atoms with Crippen LogP contribution in [0.5, 0.6) is 0 Å². The van der Waals surface area contributed by atoms with Crippen molar-refractivity contribution in [2.75, 3.05) is 13.1 Å². The summed E-state index contributed by atoms with van der Waals surface area (Å²) in [5, 5.41) is 14.4.